The van der Waals surface area contributed by atoms with Crippen molar-refractivity contribution in [3.63, 3.8) is 0 Å². The van der Waals surface area contributed by atoms with Crippen molar-refractivity contribution in [2.24, 2.45) is 0 Å². The Morgan fingerprint density at radius 1 is 1.00 bits per heavy atom. The van der Waals surface area contributed by atoms with Crippen LogP contribution in [0, 0.1) is 0 Å². The van der Waals surface area contributed by atoms with Gasteiger partial charge in [-0.05, 0) is 17.7 Å². The lowest BCUT2D eigenvalue weighted by Gasteiger charge is -2.20. The minimum Gasteiger partial charge on any atom is -0.376 e. The number of rotatable bonds is 5. The van der Waals surface area contributed by atoms with Crippen molar-refractivity contribution in [3.05, 3.63) is 66.2 Å². The SMILES string of the molecule is CC(=O)NCC(Nc1ccccc1)c1ccccc1. The fourth-order valence-corrected chi connectivity index (χ4v) is 1.92. The molecule has 0 fully saturated rings. The minimum atomic E-state index is -0.0178. The summed E-state index contributed by atoms with van der Waals surface area (Å²) in [5.74, 6) is -0.0178. The number of hydrogen-bond acceptors (Lipinski definition) is 2. The smallest absolute Gasteiger partial charge is 0.216 e. The number of carbonyl (C=O) groups is 1. The number of para-hydroxylation sites is 1. The Labute approximate surface area is 113 Å². The topological polar surface area (TPSA) is 41.1 Å². The van der Waals surface area contributed by atoms with Crippen LogP contribution in [0.1, 0.15) is 18.5 Å². The van der Waals surface area contributed by atoms with Crippen LogP contribution in [0.15, 0.2) is 60.7 Å². The second kappa shape index (κ2) is 6.59. The van der Waals surface area contributed by atoms with E-state index in [1.807, 2.05) is 48.5 Å². The van der Waals surface area contributed by atoms with Gasteiger partial charge in [-0.15, -0.1) is 0 Å². The normalized spacial score (nSPS) is 11.6. The molecule has 0 heterocycles. The molecule has 2 rings (SSSR count). The quantitative estimate of drug-likeness (QED) is 0.861. The van der Waals surface area contributed by atoms with E-state index in [0.29, 0.717) is 6.54 Å². The lowest BCUT2D eigenvalue weighted by Crippen LogP contribution is -2.29. The molecule has 1 amide bonds. The van der Waals surface area contributed by atoms with Crippen LogP contribution in [0.4, 0.5) is 5.69 Å². The van der Waals surface area contributed by atoms with Crippen molar-refractivity contribution < 1.29 is 4.79 Å². The highest BCUT2D eigenvalue weighted by atomic mass is 16.1. The fraction of sp³-hybridized carbons (Fsp3) is 0.188. The summed E-state index contributed by atoms with van der Waals surface area (Å²) in [6.07, 6.45) is 0. The molecule has 2 N–H and O–H groups in total. The molecule has 0 aliphatic rings. The van der Waals surface area contributed by atoms with Crippen LogP contribution in [0.5, 0.6) is 0 Å². The Balaban J connectivity index is 2.12. The van der Waals surface area contributed by atoms with Gasteiger partial charge in [-0.3, -0.25) is 4.79 Å². The summed E-state index contributed by atoms with van der Waals surface area (Å²) >= 11 is 0. The van der Waals surface area contributed by atoms with Gasteiger partial charge in [-0.2, -0.15) is 0 Å². The molecule has 0 saturated heterocycles. The number of anilines is 1. The lowest BCUT2D eigenvalue weighted by atomic mass is 10.1. The maximum atomic E-state index is 11.1. The molecule has 2 aromatic rings. The Morgan fingerprint density at radius 2 is 1.58 bits per heavy atom. The summed E-state index contributed by atoms with van der Waals surface area (Å²) in [6.45, 7) is 2.10. The minimum absolute atomic E-state index is 0.0178. The molecule has 1 atom stereocenters. The lowest BCUT2D eigenvalue weighted by molar-refractivity contribution is -0.119. The van der Waals surface area contributed by atoms with Crippen molar-refractivity contribution in [1.29, 1.82) is 0 Å². The van der Waals surface area contributed by atoms with Crippen molar-refractivity contribution in [2.75, 3.05) is 11.9 Å². The molecule has 0 bridgehead atoms. The van der Waals surface area contributed by atoms with Crippen LogP contribution < -0.4 is 10.6 Å². The molecule has 0 aliphatic heterocycles. The molecule has 3 heteroatoms. The summed E-state index contributed by atoms with van der Waals surface area (Å²) in [4.78, 5) is 11.1. The highest BCUT2D eigenvalue weighted by molar-refractivity contribution is 5.72. The number of nitrogens with one attached hydrogen (secondary N) is 2. The third kappa shape index (κ3) is 4.14. The summed E-state index contributed by atoms with van der Waals surface area (Å²) < 4.78 is 0. The first-order chi connectivity index (χ1) is 9.25. The van der Waals surface area contributed by atoms with Gasteiger partial charge in [0, 0.05) is 19.2 Å². The Kier molecular flexibility index (Phi) is 4.56. The van der Waals surface area contributed by atoms with Crippen LogP contribution in [-0.4, -0.2) is 12.5 Å². The number of carbonyl (C=O) groups excluding carboxylic acids is 1. The van der Waals surface area contributed by atoms with Crippen LogP contribution in [0.25, 0.3) is 0 Å². The highest BCUT2D eigenvalue weighted by Gasteiger charge is 2.11. The Hall–Kier alpha value is -2.29. The molecular formula is C16H18N2O. The second-order valence-corrected chi connectivity index (χ2v) is 4.41. The zero-order chi connectivity index (χ0) is 13.5. The molecular weight excluding hydrogens is 236 g/mol. The summed E-state index contributed by atoms with van der Waals surface area (Å²) in [7, 11) is 0. The maximum absolute atomic E-state index is 11.1. The van der Waals surface area contributed by atoms with Crippen molar-refractivity contribution in [1.82, 2.24) is 5.32 Å². The average Bonchev–Trinajstić information content (AvgIpc) is 2.45. The van der Waals surface area contributed by atoms with Gasteiger partial charge in [0.2, 0.25) is 5.91 Å². The van der Waals surface area contributed by atoms with Gasteiger partial charge in [0.1, 0.15) is 0 Å². The predicted molar refractivity (Wildman–Crippen MR) is 77.9 cm³/mol. The molecule has 19 heavy (non-hydrogen) atoms. The molecule has 0 saturated carbocycles. The Morgan fingerprint density at radius 3 is 2.16 bits per heavy atom. The zero-order valence-electron chi connectivity index (χ0n) is 11.0. The van der Waals surface area contributed by atoms with E-state index in [4.69, 9.17) is 0 Å². The van der Waals surface area contributed by atoms with Crippen molar-refractivity contribution in [3.8, 4) is 0 Å². The maximum Gasteiger partial charge on any atom is 0.216 e. The van der Waals surface area contributed by atoms with Crippen LogP contribution >= 0.6 is 0 Å². The first-order valence-electron chi connectivity index (χ1n) is 6.36. The van der Waals surface area contributed by atoms with E-state index < -0.39 is 0 Å². The number of amides is 1. The molecule has 2 aromatic carbocycles. The van der Waals surface area contributed by atoms with Gasteiger partial charge in [-0.25, -0.2) is 0 Å². The van der Waals surface area contributed by atoms with Crippen molar-refractivity contribution >= 4 is 11.6 Å². The van der Waals surface area contributed by atoms with E-state index in [1.165, 1.54) is 6.92 Å². The molecule has 0 aliphatic carbocycles. The van der Waals surface area contributed by atoms with Gasteiger partial charge in [0.25, 0.3) is 0 Å². The number of hydrogen-bond donors (Lipinski definition) is 2. The largest absolute Gasteiger partial charge is 0.376 e. The predicted octanol–water partition coefficient (Wildman–Crippen LogP) is 2.98. The van der Waals surface area contributed by atoms with E-state index in [0.717, 1.165) is 11.3 Å². The molecule has 0 radical (unpaired) electrons. The average molecular weight is 254 g/mol. The van der Waals surface area contributed by atoms with E-state index >= 15 is 0 Å². The second-order valence-electron chi connectivity index (χ2n) is 4.41. The molecule has 3 nitrogen and oxygen atoms in total. The molecule has 1 unspecified atom stereocenters. The zero-order valence-corrected chi connectivity index (χ0v) is 11.0. The Bertz CT molecular complexity index is 511. The van der Waals surface area contributed by atoms with Gasteiger partial charge < -0.3 is 10.6 Å². The third-order valence-corrected chi connectivity index (χ3v) is 2.87. The van der Waals surface area contributed by atoms with Crippen molar-refractivity contribution in [2.45, 2.75) is 13.0 Å². The van der Waals surface area contributed by atoms with E-state index in [9.17, 15) is 4.79 Å². The molecule has 0 spiro atoms. The van der Waals surface area contributed by atoms with Crippen LogP contribution in [0.3, 0.4) is 0 Å². The van der Waals surface area contributed by atoms with Gasteiger partial charge in [-0.1, -0.05) is 48.5 Å². The van der Waals surface area contributed by atoms with Crippen LogP contribution in [0.2, 0.25) is 0 Å². The highest BCUT2D eigenvalue weighted by Crippen LogP contribution is 2.18. The van der Waals surface area contributed by atoms with Crippen LogP contribution in [-0.2, 0) is 4.79 Å². The monoisotopic (exact) mass is 254 g/mol. The summed E-state index contributed by atoms with van der Waals surface area (Å²) in [5.41, 5.74) is 2.20. The van der Waals surface area contributed by atoms with Gasteiger partial charge in [0.05, 0.1) is 6.04 Å². The van der Waals surface area contributed by atoms with Gasteiger partial charge in [0.15, 0.2) is 0 Å². The van der Waals surface area contributed by atoms with Gasteiger partial charge >= 0.3 is 0 Å². The first-order valence-corrected chi connectivity index (χ1v) is 6.36. The summed E-state index contributed by atoms with van der Waals surface area (Å²) in [6, 6.07) is 20.2. The first kappa shape index (κ1) is 13.1. The molecule has 98 valence electrons. The standard InChI is InChI=1S/C16H18N2O/c1-13(19)17-12-16(14-8-4-2-5-9-14)18-15-10-6-3-7-11-15/h2-11,16,18H,12H2,1H3,(H,17,19). The third-order valence-electron chi connectivity index (χ3n) is 2.87. The fourth-order valence-electron chi connectivity index (χ4n) is 1.92. The molecule has 0 aromatic heterocycles. The van der Waals surface area contributed by atoms with E-state index in [2.05, 4.69) is 22.8 Å². The van der Waals surface area contributed by atoms with E-state index in [1.54, 1.807) is 0 Å². The summed E-state index contributed by atoms with van der Waals surface area (Å²) in [5, 5.41) is 6.30. The number of benzene rings is 2. The van der Waals surface area contributed by atoms with E-state index in [-0.39, 0.29) is 11.9 Å².